The second-order valence-electron chi connectivity index (χ2n) is 4.83. The van der Waals surface area contributed by atoms with Gasteiger partial charge in [0.1, 0.15) is 0 Å². The number of rotatable bonds is 11. The number of urea groups is 1. The molecule has 0 aliphatic rings. The van der Waals surface area contributed by atoms with Gasteiger partial charge in [-0.2, -0.15) is 0 Å². The maximum absolute atomic E-state index is 11.9. The van der Waals surface area contributed by atoms with E-state index in [1.54, 1.807) is 19.2 Å². The van der Waals surface area contributed by atoms with Crippen molar-refractivity contribution in [3.63, 3.8) is 0 Å². The molecule has 0 spiro atoms. The van der Waals surface area contributed by atoms with Gasteiger partial charge in [-0.25, -0.2) is 4.79 Å². The fourth-order valence-electron chi connectivity index (χ4n) is 2.05. The van der Waals surface area contributed by atoms with Crippen molar-refractivity contribution in [1.82, 2.24) is 5.32 Å². The van der Waals surface area contributed by atoms with Gasteiger partial charge in [0, 0.05) is 32.4 Å². The largest absolute Gasteiger partial charge is 0.490 e. The minimum Gasteiger partial charge on any atom is -0.490 e. The Morgan fingerprint density at radius 1 is 1.00 bits per heavy atom. The molecule has 2 amide bonds. The third-order valence-electron chi connectivity index (χ3n) is 2.98. The van der Waals surface area contributed by atoms with E-state index >= 15 is 0 Å². The highest BCUT2D eigenvalue weighted by Crippen LogP contribution is 2.40. The highest BCUT2D eigenvalue weighted by Gasteiger charge is 2.16. The number of hydrogen-bond acceptors (Lipinski definition) is 5. The number of carbonyl (C=O) groups excluding carboxylic acids is 1. The summed E-state index contributed by atoms with van der Waals surface area (Å²) in [5, 5.41) is 5.55. The van der Waals surface area contributed by atoms with Crippen molar-refractivity contribution in [3.05, 3.63) is 12.1 Å². The van der Waals surface area contributed by atoms with Crippen LogP contribution in [0.1, 0.15) is 27.2 Å². The molecular weight excluding hydrogens is 312 g/mol. The number of ether oxygens (including phenoxy) is 4. The van der Waals surface area contributed by atoms with Gasteiger partial charge in [0.2, 0.25) is 5.75 Å². The lowest BCUT2D eigenvalue weighted by atomic mass is 10.2. The smallest absolute Gasteiger partial charge is 0.319 e. The van der Waals surface area contributed by atoms with Crippen molar-refractivity contribution in [3.8, 4) is 17.2 Å². The molecule has 0 unspecified atom stereocenters. The second-order valence-corrected chi connectivity index (χ2v) is 4.83. The Balaban J connectivity index is 2.87. The minimum absolute atomic E-state index is 0.292. The van der Waals surface area contributed by atoms with Crippen LogP contribution in [0, 0.1) is 0 Å². The third-order valence-corrected chi connectivity index (χ3v) is 2.98. The second kappa shape index (κ2) is 11.4. The molecule has 24 heavy (non-hydrogen) atoms. The standard InChI is InChI=1S/C17H28N2O5/c1-5-22-14-11-13(19-17(20)18-9-8-10-21-4)12-15(23-6-2)16(14)24-7-3/h11-12H,5-10H2,1-4H3,(H2,18,19,20). The zero-order chi connectivity index (χ0) is 17.8. The van der Waals surface area contributed by atoms with Gasteiger partial charge in [-0.05, 0) is 27.2 Å². The number of benzene rings is 1. The first-order valence-corrected chi connectivity index (χ1v) is 8.26. The third kappa shape index (κ3) is 6.54. The van der Waals surface area contributed by atoms with Crippen molar-refractivity contribution < 1.29 is 23.7 Å². The quantitative estimate of drug-likeness (QED) is 0.605. The molecule has 0 aliphatic carbocycles. The van der Waals surface area contributed by atoms with E-state index in [9.17, 15) is 4.79 Å². The highest BCUT2D eigenvalue weighted by molar-refractivity contribution is 5.90. The molecule has 0 radical (unpaired) electrons. The van der Waals surface area contributed by atoms with E-state index < -0.39 is 0 Å². The summed E-state index contributed by atoms with van der Waals surface area (Å²) in [6.45, 7) is 8.27. The van der Waals surface area contributed by atoms with Crippen LogP contribution in [-0.2, 0) is 4.74 Å². The van der Waals surface area contributed by atoms with E-state index in [1.807, 2.05) is 20.8 Å². The Labute approximate surface area is 143 Å². The highest BCUT2D eigenvalue weighted by atomic mass is 16.5. The van der Waals surface area contributed by atoms with Gasteiger partial charge < -0.3 is 29.6 Å². The van der Waals surface area contributed by atoms with Gasteiger partial charge in [-0.1, -0.05) is 0 Å². The van der Waals surface area contributed by atoms with Crippen LogP contribution in [-0.4, -0.2) is 46.1 Å². The lowest BCUT2D eigenvalue weighted by Gasteiger charge is -2.17. The molecule has 0 aromatic heterocycles. The molecule has 1 rings (SSSR count). The molecule has 7 heteroatoms. The summed E-state index contributed by atoms with van der Waals surface area (Å²) in [5.74, 6) is 1.63. The molecule has 0 saturated carbocycles. The van der Waals surface area contributed by atoms with Gasteiger partial charge in [0.05, 0.1) is 25.5 Å². The summed E-state index contributed by atoms with van der Waals surface area (Å²) < 4.78 is 21.8. The molecule has 7 nitrogen and oxygen atoms in total. The van der Waals surface area contributed by atoms with Crippen molar-refractivity contribution in [1.29, 1.82) is 0 Å². The van der Waals surface area contributed by atoms with E-state index in [-0.39, 0.29) is 6.03 Å². The topological polar surface area (TPSA) is 78.1 Å². The minimum atomic E-state index is -0.292. The van der Waals surface area contributed by atoms with Crippen LogP contribution in [0.5, 0.6) is 17.2 Å². The van der Waals surface area contributed by atoms with Gasteiger partial charge in [-0.15, -0.1) is 0 Å². The fraction of sp³-hybridized carbons (Fsp3) is 0.588. The number of nitrogens with one attached hydrogen (secondary N) is 2. The molecule has 1 aromatic carbocycles. The van der Waals surface area contributed by atoms with E-state index in [0.29, 0.717) is 55.9 Å². The van der Waals surface area contributed by atoms with Crippen LogP contribution in [0.15, 0.2) is 12.1 Å². The number of carbonyl (C=O) groups is 1. The van der Waals surface area contributed by atoms with Crippen molar-refractivity contribution >= 4 is 11.7 Å². The number of anilines is 1. The monoisotopic (exact) mass is 340 g/mol. The summed E-state index contributed by atoms with van der Waals surface area (Å²) in [6, 6.07) is 3.16. The SMILES string of the molecule is CCOc1cc(NC(=O)NCCCOC)cc(OCC)c1OCC. The van der Waals surface area contributed by atoms with Crippen molar-refractivity contribution in [2.24, 2.45) is 0 Å². The Morgan fingerprint density at radius 3 is 2.08 bits per heavy atom. The van der Waals surface area contributed by atoms with Gasteiger partial charge in [0.25, 0.3) is 0 Å². The Kier molecular flexibility index (Phi) is 9.45. The Hall–Kier alpha value is -2.15. The number of methoxy groups -OCH3 is 1. The molecule has 0 saturated heterocycles. The summed E-state index contributed by atoms with van der Waals surface area (Å²) in [7, 11) is 1.63. The van der Waals surface area contributed by atoms with Crippen LogP contribution in [0.25, 0.3) is 0 Å². The molecule has 136 valence electrons. The maximum atomic E-state index is 11.9. The van der Waals surface area contributed by atoms with Crippen molar-refractivity contribution in [2.75, 3.05) is 45.4 Å². The average Bonchev–Trinajstić information content (AvgIpc) is 2.55. The molecule has 0 heterocycles. The lowest BCUT2D eigenvalue weighted by molar-refractivity contribution is 0.194. The van der Waals surface area contributed by atoms with E-state index in [0.717, 1.165) is 6.42 Å². The summed E-state index contributed by atoms with van der Waals surface area (Å²) in [5.41, 5.74) is 0.578. The molecule has 0 aliphatic heterocycles. The lowest BCUT2D eigenvalue weighted by Crippen LogP contribution is -2.30. The van der Waals surface area contributed by atoms with Crippen LogP contribution < -0.4 is 24.8 Å². The van der Waals surface area contributed by atoms with E-state index in [2.05, 4.69) is 10.6 Å². The summed E-state index contributed by atoms with van der Waals surface area (Å²) in [6.07, 6.45) is 0.752. The Morgan fingerprint density at radius 2 is 1.58 bits per heavy atom. The normalized spacial score (nSPS) is 10.2. The van der Waals surface area contributed by atoms with E-state index in [4.69, 9.17) is 18.9 Å². The van der Waals surface area contributed by atoms with Crippen LogP contribution in [0.2, 0.25) is 0 Å². The molecule has 0 bridgehead atoms. The average molecular weight is 340 g/mol. The number of hydrogen-bond donors (Lipinski definition) is 2. The molecule has 0 fully saturated rings. The molecule has 2 N–H and O–H groups in total. The number of amides is 2. The van der Waals surface area contributed by atoms with E-state index in [1.165, 1.54) is 0 Å². The maximum Gasteiger partial charge on any atom is 0.319 e. The van der Waals surface area contributed by atoms with Gasteiger partial charge in [0.15, 0.2) is 11.5 Å². The predicted molar refractivity (Wildman–Crippen MR) is 93.5 cm³/mol. The fourth-order valence-corrected chi connectivity index (χ4v) is 2.05. The van der Waals surface area contributed by atoms with Crippen molar-refractivity contribution in [2.45, 2.75) is 27.2 Å². The summed E-state index contributed by atoms with van der Waals surface area (Å²) in [4.78, 5) is 11.9. The zero-order valence-electron chi connectivity index (χ0n) is 14.9. The molecular formula is C17H28N2O5. The first-order valence-electron chi connectivity index (χ1n) is 8.26. The van der Waals surface area contributed by atoms with Crippen LogP contribution in [0.3, 0.4) is 0 Å². The molecule has 1 aromatic rings. The van der Waals surface area contributed by atoms with Gasteiger partial charge in [-0.3, -0.25) is 0 Å². The first kappa shape index (κ1) is 19.9. The first-order chi connectivity index (χ1) is 11.7. The van der Waals surface area contributed by atoms with Gasteiger partial charge >= 0.3 is 6.03 Å². The van der Waals surface area contributed by atoms with Crippen LogP contribution >= 0.6 is 0 Å². The zero-order valence-corrected chi connectivity index (χ0v) is 14.9. The summed E-state index contributed by atoms with van der Waals surface area (Å²) >= 11 is 0. The van der Waals surface area contributed by atoms with Crippen LogP contribution in [0.4, 0.5) is 10.5 Å². The predicted octanol–water partition coefficient (Wildman–Crippen LogP) is 3.04. The molecule has 0 atom stereocenters. The Bertz CT molecular complexity index is 481.